The van der Waals surface area contributed by atoms with Gasteiger partial charge in [-0.2, -0.15) is 4.31 Å². The van der Waals surface area contributed by atoms with Crippen LogP contribution in [-0.2, 0) is 10.0 Å². The number of piperidine rings is 1. The van der Waals surface area contributed by atoms with Crippen LogP contribution in [0.15, 0.2) is 52.0 Å². The van der Waals surface area contributed by atoms with E-state index < -0.39 is 10.0 Å². The number of fused-ring (bicyclic) bond motifs is 2. The van der Waals surface area contributed by atoms with E-state index >= 15 is 0 Å². The van der Waals surface area contributed by atoms with E-state index in [4.69, 9.17) is 4.52 Å². The van der Waals surface area contributed by atoms with E-state index in [1.807, 2.05) is 30.3 Å². The monoisotopic (exact) mass is 369 g/mol. The zero-order chi connectivity index (χ0) is 18.1. The van der Waals surface area contributed by atoms with Crippen molar-refractivity contribution in [3.8, 4) is 11.3 Å². The molecule has 0 bridgehead atoms. The molecule has 2 unspecified atom stereocenters. The molecule has 2 aromatic heterocycles. The Balaban J connectivity index is 1.54. The highest BCUT2D eigenvalue weighted by atomic mass is 32.2. The summed E-state index contributed by atoms with van der Waals surface area (Å²) in [6, 6.07) is 11.2. The predicted molar refractivity (Wildman–Crippen MR) is 96.8 cm³/mol. The first-order valence-corrected chi connectivity index (χ1v) is 10.1. The van der Waals surface area contributed by atoms with Crippen molar-refractivity contribution in [2.45, 2.75) is 18.7 Å². The predicted octanol–water partition coefficient (Wildman–Crippen LogP) is 3.17. The Morgan fingerprint density at radius 1 is 1.15 bits per heavy atom. The van der Waals surface area contributed by atoms with Gasteiger partial charge in [0.15, 0.2) is 0 Å². The Hall–Kier alpha value is -2.25. The van der Waals surface area contributed by atoms with Crippen LogP contribution >= 0.6 is 0 Å². The standard InChI is InChI=1S/C19H19N3O3S/c1-19(2)15-10-22(11-16(15)19)26(23,24)13-8-14-17(12-6-4-3-5-7-12)21-25-18(14)20-9-13/h3-9,15-16H,10-11H2,1-2H3. The summed E-state index contributed by atoms with van der Waals surface area (Å²) >= 11 is 0. The number of aromatic nitrogens is 2. The molecule has 6 nitrogen and oxygen atoms in total. The van der Waals surface area contributed by atoms with Crippen LogP contribution in [0.25, 0.3) is 22.4 Å². The van der Waals surface area contributed by atoms with E-state index in [0.29, 0.717) is 41.7 Å². The molecule has 2 atom stereocenters. The molecule has 1 aromatic carbocycles. The molecule has 134 valence electrons. The molecule has 1 saturated carbocycles. The highest BCUT2D eigenvalue weighted by Gasteiger charge is 2.63. The summed E-state index contributed by atoms with van der Waals surface area (Å²) in [4.78, 5) is 4.39. The third kappa shape index (κ3) is 2.17. The van der Waals surface area contributed by atoms with Gasteiger partial charge in [-0.3, -0.25) is 0 Å². The van der Waals surface area contributed by atoms with Crippen LogP contribution in [0.2, 0.25) is 0 Å². The summed E-state index contributed by atoms with van der Waals surface area (Å²) in [6.45, 7) is 5.60. The molecular weight excluding hydrogens is 350 g/mol. The summed E-state index contributed by atoms with van der Waals surface area (Å²) in [6.07, 6.45) is 1.37. The molecule has 26 heavy (non-hydrogen) atoms. The average Bonchev–Trinajstić information content (AvgIpc) is 3.08. The molecular formula is C19H19N3O3S. The van der Waals surface area contributed by atoms with Crippen LogP contribution in [-0.4, -0.2) is 36.0 Å². The number of pyridine rings is 1. The number of hydrogen-bond acceptors (Lipinski definition) is 5. The average molecular weight is 369 g/mol. The number of hydrogen-bond donors (Lipinski definition) is 0. The minimum atomic E-state index is -3.56. The van der Waals surface area contributed by atoms with Crippen molar-refractivity contribution >= 4 is 21.1 Å². The van der Waals surface area contributed by atoms with Crippen LogP contribution in [0.4, 0.5) is 0 Å². The molecule has 2 fully saturated rings. The smallest absolute Gasteiger partial charge is 0.258 e. The molecule has 2 aliphatic rings. The van der Waals surface area contributed by atoms with Crippen LogP contribution in [0.3, 0.4) is 0 Å². The van der Waals surface area contributed by atoms with Gasteiger partial charge in [0.2, 0.25) is 10.0 Å². The minimum absolute atomic E-state index is 0.199. The molecule has 1 aliphatic heterocycles. The number of benzene rings is 1. The first-order chi connectivity index (χ1) is 12.4. The molecule has 1 saturated heterocycles. The van der Waals surface area contributed by atoms with Gasteiger partial charge < -0.3 is 4.52 Å². The fourth-order valence-electron chi connectivity index (χ4n) is 4.20. The van der Waals surface area contributed by atoms with Crippen LogP contribution in [0, 0.1) is 17.3 Å². The van der Waals surface area contributed by atoms with Crippen molar-refractivity contribution < 1.29 is 12.9 Å². The first kappa shape index (κ1) is 16.0. The van der Waals surface area contributed by atoms with Crippen molar-refractivity contribution in [1.82, 2.24) is 14.4 Å². The summed E-state index contributed by atoms with van der Waals surface area (Å²) in [7, 11) is -3.56. The fraction of sp³-hybridized carbons (Fsp3) is 0.368. The quantitative estimate of drug-likeness (QED) is 0.709. The zero-order valence-electron chi connectivity index (χ0n) is 14.6. The van der Waals surface area contributed by atoms with Crippen molar-refractivity contribution in [3.63, 3.8) is 0 Å². The lowest BCUT2D eigenvalue weighted by molar-refractivity contribution is 0.364. The lowest BCUT2D eigenvalue weighted by Crippen LogP contribution is -2.33. The molecule has 0 radical (unpaired) electrons. The highest BCUT2D eigenvalue weighted by Crippen LogP contribution is 2.62. The van der Waals surface area contributed by atoms with Gasteiger partial charge in [0.25, 0.3) is 5.71 Å². The van der Waals surface area contributed by atoms with E-state index in [1.165, 1.54) is 6.20 Å². The summed E-state index contributed by atoms with van der Waals surface area (Å²) in [5.74, 6) is 0.925. The Labute approximate surface area is 151 Å². The number of nitrogens with zero attached hydrogens (tertiary/aromatic N) is 3. The van der Waals surface area contributed by atoms with E-state index in [9.17, 15) is 8.42 Å². The van der Waals surface area contributed by atoms with Gasteiger partial charge in [0.1, 0.15) is 10.6 Å². The van der Waals surface area contributed by atoms with Crippen LogP contribution in [0.5, 0.6) is 0 Å². The molecule has 1 aliphatic carbocycles. The Morgan fingerprint density at radius 3 is 2.54 bits per heavy atom. The van der Waals surface area contributed by atoms with E-state index in [2.05, 4.69) is 24.0 Å². The topological polar surface area (TPSA) is 76.3 Å². The van der Waals surface area contributed by atoms with E-state index in [-0.39, 0.29) is 10.3 Å². The van der Waals surface area contributed by atoms with Gasteiger partial charge in [0, 0.05) is 18.7 Å². The van der Waals surface area contributed by atoms with Crippen molar-refractivity contribution in [2.75, 3.05) is 13.1 Å². The number of sulfonamides is 1. The highest BCUT2D eigenvalue weighted by molar-refractivity contribution is 7.89. The Bertz CT molecular complexity index is 1090. The van der Waals surface area contributed by atoms with Gasteiger partial charge in [-0.05, 0) is 23.3 Å². The molecule has 7 heteroatoms. The second-order valence-corrected chi connectivity index (χ2v) is 9.72. The Kier molecular flexibility index (Phi) is 3.16. The van der Waals surface area contributed by atoms with E-state index in [0.717, 1.165) is 5.56 Å². The largest absolute Gasteiger partial charge is 0.335 e. The maximum absolute atomic E-state index is 13.1. The summed E-state index contributed by atoms with van der Waals surface area (Å²) < 4.78 is 33.0. The van der Waals surface area contributed by atoms with Gasteiger partial charge in [-0.25, -0.2) is 13.4 Å². The lowest BCUT2D eigenvalue weighted by atomic mass is 10.1. The van der Waals surface area contributed by atoms with Crippen molar-refractivity contribution in [2.24, 2.45) is 17.3 Å². The maximum atomic E-state index is 13.1. The van der Waals surface area contributed by atoms with Gasteiger partial charge in [-0.15, -0.1) is 0 Å². The summed E-state index contributed by atoms with van der Waals surface area (Å²) in [5, 5.41) is 4.69. The molecule has 0 spiro atoms. The second-order valence-electron chi connectivity index (χ2n) is 7.78. The van der Waals surface area contributed by atoms with Crippen LogP contribution in [0.1, 0.15) is 13.8 Å². The molecule has 0 N–H and O–H groups in total. The maximum Gasteiger partial charge on any atom is 0.258 e. The van der Waals surface area contributed by atoms with Gasteiger partial charge >= 0.3 is 0 Å². The SMILES string of the molecule is CC1(C)C2CN(S(=O)(=O)c3cnc4onc(-c5ccccc5)c4c3)CC21. The first-order valence-electron chi connectivity index (χ1n) is 8.70. The van der Waals surface area contributed by atoms with Crippen molar-refractivity contribution in [3.05, 3.63) is 42.6 Å². The second kappa shape index (κ2) is 5.14. The molecule has 0 amide bonds. The minimum Gasteiger partial charge on any atom is -0.335 e. The Morgan fingerprint density at radius 2 is 1.85 bits per heavy atom. The molecule has 5 rings (SSSR count). The number of rotatable bonds is 3. The van der Waals surface area contributed by atoms with Gasteiger partial charge in [0.05, 0.1) is 11.6 Å². The van der Waals surface area contributed by atoms with Gasteiger partial charge in [-0.1, -0.05) is 49.3 Å². The summed E-state index contributed by atoms with van der Waals surface area (Å²) in [5.41, 5.74) is 2.08. The third-order valence-corrected chi connectivity index (χ3v) is 7.88. The van der Waals surface area contributed by atoms with Crippen molar-refractivity contribution in [1.29, 1.82) is 0 Å². The fourth-order valence-corrected chi connectivity index (χ4v) is 5.66. The molecule has 3 heterocycles. The lowest BCUT2D eigenvalue weighted by Gasteiger charge is -2.21. The molecule has 3 aromatic rings. The van der Waals surface area contributed by atoms with E-state index in [1.54, 1.807) is 10.4 Å². The van der Waals surface area contributed by atoms with Crippen LogP contribution < -0.4 is 0 Å². The zero-order valence-corrected chi connectivity index (χ0v) is 15.4. The normalized spacial score (nSPS) is 24.7. The third-order valence-electron chi connectivity index (χ3n) is 6.08.